The van der Waals surface area contributed by atoms with Crippen LogP contribution in [0, 0.1) is 5.92 Å². The third-order valence-corrected chi connectivity index (χ3v) is 4.13. The number of nitrogens with one attached hydrogen (secondary N) is 2. The fraction of sp³-hybridized carbons (Fsp3) is 0.889. The number of hydrogen-bond acceptors (Lipinski definition) is 3. The average Bonchev–Trinajstić information content (AvgIpc) is 2.41. The van der Waals surface area contributed by atoms with Crippen molar-refractivity contribution in [2.45, 2.75) is 26.3 Å². The summed E-state index contributed by atoms with van der Waals surface area (Å²) >= 11 is 0. The molecule has 1 fully saturated rings. The van der Waals surface area contributed by atoms with Crippen LogP contribution in [-0.4, -0.2) is 38.5 Å². The Morgan fingerprint density at radius 2 is 2.13 bits per heavy atom. The molecule has 0 radical (unpaired) electrons. The van der Waals surface area contributed by atoms with E-state index in [1.807, 2.05) is 13.8 Å². The van der Waals surface area contributed by atoms with E-state index in [-0.39, 0.29) is 29.5 Å². The van der Waals surface area contributed by atoms with Crippen LogP contribution in [0.25, 0.3) is 0 Å². The Balaban J connectivity index is 2.24. The molecule has 6 heteroatoms. The van der Waals surface area contributed by atoms with E-state index in [9.17, 15) is 13.2 Å². The van der Waals surface area contributed by atoms with Crippen molar-refractivity contribution in [3.63, 3.8) is 0 Å². The fourth-order valence-corrected chi connectivity index (χ4v) is 3.45. The molecule has 1 unspecified atom stereocenters. The Kier molecular flexibility index (Phi) is 3.96. The number of urea groups is 1. The zero-order valence-electron chi connectivity index (χ0n) is 9.12. The van der Waals surface area contributed by atoms with E-state index in [2.05, 4.69) is 10.6 Å². The smallest absolute Gasteiger partial charge is 0.314 e. The minimum absolute atomic E-state index is 0.0768. The molecule has 0 aromatic heterocycles. The molecule has 0 saturated carbocycles. The molecule has 1 aliphatic heterocycles. The quantitative estimate of drug-likeness (QED) is 0.728. The molecule has 0 aromatic rings. The molecule has 5 nitrogen and oxygen atoms in total. The van der Waals surface area contributed by atoms with Gasteiger partial charge in [0.1, 0.15) is 0 Å². The van der Waals surface area contributed by atoms with Gasteiger partial charge in [-0.3, -0.25) is 0 Å². The zero-order valence-corrected chi connectivity index (χ0v) is 9.93. The van der Waals surface area contributed by atoms with E-state index in [0.717, 1.165) is 0 Å². The summed E-state index contributed by atoms with van der Waals surface area (Å²) in [7, 11) is -2.84. The molecule has 0 bridgehead atoms. The second-order valence-corrected chi connectivity index (χ2v) is 6.51. The Bertz CT molecular complexity index is 324. The van der Waals surface area contributed by atoms with Gasteiger partial charge in [-0.2, -0.15) is 0 Å². The lowest BCUT2D eigenvalue weighted by Gasteiger charge is -2.12. The summed E-state index contributed by atoms with van der Waals surface area (Å²) in [6.45, 7) is 4.19. The number of sulfone groups is 1. The molecule has 88 valence electrons. The minimum Gasteiger partial charge on any atom is -0.338 e. The number of amides is 2. The molecule has 1 heterocycles. The highest BCUT2D eigenvalue weighted by molar-refractivity contribution is 7.91. The van der Waals surface area contributed by atoms with Crippen molar-refractivity contribution < 1.29 is 13.2 Å². The van der Waals surface area contributed by atoms with Gasteiger partial charge in [0.25, 0.3) is 0 Å². The van der Waals surface area contributed by atoms with Crippen LogP contribution in [0.5, 0.6) is 0 Å². The van der Waals surface area contributed by atoms with E-state index >= 15 is 0 Å². The van der Waals surface area contributed by atoms with E-state index in [0.29, 0.717) is 13.0 Å². The minimum atomic E-state index is -2.84. The summed E-state index contributed by atoms with van der Waals surface area (Å²) in [5, 5.41) is 5.37. The zero-order chi connectivity index (χ0) is 11.5. The maximum absolute atomic E-state index is 11.2. The monoisotopic (exact) mass is 234 g/mol. The van der Waals surface area contributed by atoms with Gasteiger partial charge < -0.3 is 10.6 Å². The largest absolute Gasteiger partial charge is 0.338 e. The SMILES string of the molecule is CC(C)NC(=O)NCC1CCS(=O)(=O)C1. The van der Waals surface area contributed by atoms with Gasteiger partial charge in [0.2, 0.25) is 0 Å². The van der Waals surface area contributed by atoms with E-state index in [1.54, 1.807) is 0 Å². The Morgan fingerprint density at radius 3 is 2.60 bits per heavy atom. The maximum Gasteiger partial charge on any atom is 0.314 e. The van der Waals surface area contributed by atoms with Gasteiger partial charge in [0.15, 0.2) is 9.84 Å². The van der Waals surface area contributed by atoms with Crippen LogP contribution in [0.2, 0.25) is 0 Å². The molecule has 1 aliphatic rings. The molecule has 0 aliphatic carbocycles. The molecule has 1 atom stereocenters. The van der Waals surface area contributed by atoms with E-state index < -0.39 is 9.84 Å². The van der Waals surface area contributed by atoms with Gasteiger partial charge in [-0.15, -0.1) is 0 Å². The Labute approximate surface area is 90.5 Å². The fourth-order valence-electron chi connectivity index (χ4n) is 1.58. The summed E-state index contributed by atoms with van der Waals surface area (Å²) in [5.74, 6) is 0.535. The predicted octanol–water partition coefficient (Wildman–Crippen LogP) is 0.129. The normalized spacial score (nSPS) is 24.1. The lowest BCUT2D eigenvalue weighted by Crippen LogP contribution is -2.41. The first-order chi connectivity index (χ1) is 6.89. The van der Waals surface area contributed by atoms with Crippen LogP contribution in [0.1, 0.15) is 20.3 Å². The highest BCUT2D eigenvalue weighted by atomic mass is 32.2. The van der Waals surface area contributed by atoms with Crippen molar-refractivity contribution in [2.24, 2.45) is 5.92 Å². The molecule has 2 amide bonds. The van der Waals surface area contributed by atoms with Crippen LogP contribution in [-0.2, 0) is 9.84 Å². The molecule has 2 N–H and O–H groups in total. The Hall–Kier alpha value is -0.780. The highest BCUT2D eigenvalue weighted by Crippen LogP contribution is 2.17. The molecule has 1 rings (SSSR count). The van der Waals surface area contributed by atoms with Crippen molar-refractivity contribution in [3.05, 3.63) is 0 Å². The summed E-state index contributed by atoms with van der Waals surface area (Å²) < 4.78 is 22.3. The van der Waals surface area contributed by atoms with Crippen LogP contribution < -0.4 is 10.6 Å². The number of carbonyl (C=O) groups excluding carboxylic acids is 1. The van der Waals surface area contributed by atoms with Crippen molar-refractivity contribution in [2.75, 3.05) is 18.1 Å². The van der Waals surface area contributed by atoms with Gasteiger partial charge in [-0.05, 0) is 26.2 Å². The first-order valence-electron chi connectivity index (χ1n) is 5.14. The second-order valence-electron chi connectivity index (χ2n) is 4.28. The van der Waals surface area contributed by atoms with Crippen LogP contribution in [0.4, 0.5) is 4.79 Å². The molecule has 0 spiro atoms. The summed E-state index contributed by atoms with van der Waals surface area (Å²) in [6, 6.07) is -0.133. The Morgan fingerprint density at radius 1 is 1.47 bits per heavy atom. The standard InChI is InChI=1S/C9H18N2O3S/c1-7(2)11-9(12)10-5-8-3-4-15(13,14)6-8/h7-8H,3-6H2,1-2H3,(H2,10,11,12). The van der Waals surface area contributed by atoms with Crippen molar-refractivity contribution in [3.8, 4) is 0 Å². The van der Waals surface area contributed by atoms with Gasteiger partial charge in [0, 0.05) is 12.6 Å². The van der Waals surface area contributed by atoms with Gasteiger partial charge in [0.05, 0.1) is 11.5 Å². The number of hydrogen-bond donors (Lipinski definition) is 2. The number of carbonyl (C=O) groups is 1. The molecule has 15 heavy (non-hydrogen) atoms. The summed E-state index contributed by atoms with van der Waals surface area (Å²) in [5.41, 5.74) is 0. The lowest BCUT2D eigenvalue weighted by atomic mass is 10.1. The first kappa shape index (κ1) is 12.3. The van der Waals surface area contributed by atoms with Crippen LogP contribution in [0.15, 0.2) is 0 Å². The predicted molar refractivity (Wildman–Crippen MR) is 58.4 cm³/mol. The number of rotatable bonds is 3. The molecular formula is C9H18N2O3S. The second kappa shape index (κ2) is 4.83. The third kappa shape index (κ3) is 4.51. The summed E-state index contributed by atoms with van der Waals surface area (Å²) in [4.78, 5) is 11.2. The van der Waals surface area contributed by atoms with E-state index in [4.69, 9.17) is 0 Å². The van der Waals surface area contributed by atoms with Crippen molar-refractivity contribution in [1.82, 2.24) is 10.6 Å². The topological polar surface area (TPSA) is 75.3 Å². The molecule has 1 saturated heterocycles. The van der Waals surface area contributed by atoms with E-state index in [1.165, 1.54) is 0 Å². The first-order valence-corrected chi connectivity index (χ1v) is 6.96. The van der Waals surface area contributed by atoms with Crippen molar-refractivity contribution in [1.29, 1.82) is 0 Å². The third-order valence-electron chi connectivity index (χ3n) is 2.30. The van der Waals surface area contributed by atoms with Crippen molar-refractivity contribution >= 4 is 15.9 Å². The maximum atomic E-state index is 11.2. The molecular weight excluding hydrogens is 216 g/mol. The van der Waals surface area contributed by atoms with Crippen LogP contribution in [0.3, 0.4) is 0 Å². The molecule has 0 aromatic carbocycles. The lowest BCUT2D eigenvalue weighted by molar-refractivity contribution is 0.237. The van der Waals surface area contributed by atoms with Crippen LogP contribution >= 0.6 is 0 Å². The van der Waals surface area contributed by atoms with Gasteiger partial charge >= 0.3 is 6.03 Å². The highest BCUT2D eigenvalue weighted by Gasteiger charge is 2.27. The summed E-state index contributed by atoms with van der Waals surface area (Å²) in [6.07, 6.45) is 0.657. The average molecular weight is 234 g/mol. The van der Waals surface area contributed by atoms with Gasteiger partial charge in [-0.1, -0.05) is 0 Å². The van der Waals surface area contributed by atoms with Gasteiger partial charge in [-0.25, -0.2) is 13.2 Å².